The van der Waals surface area contributed by atoms with Crippen molar-refractivity contribution in [2.45, 2.75) is 10.7 Å². The molecule has 1 aliphatic rings. The molecule has 3 N–H and O–H groups in total. The number of benzene rings is 1. The third-order valence-electron chi connectivity index (χ3n) is 3.00. The lowest BCUT2D eigenvalue weighted by atomic mass is 10.3. The molecule has 1 unspecified atom stereocenters. The summed E-state index contributed by atoms with van der Waals surface area (Å²) in [6.07, 6.45) is 0. The number of alkyl halides is 2. The Labute approximate surface area is 125 Å². The summed E-state index contributed by atoms with van der Waals surface area (Å²) in [6, 6.07) is 6.43. The molecule has 114 valence electrons. The number of thioether (sulfide) groups is 1. The summed E-state index contributed by atoms with van der Waals surface area (Å²) in [5.41, 5.74) is 0.369. The minimum Gasteiger partial charge on any atom is -0.346 e. The number of nitrogens with one attached hydrogen (secondary N) is 3. The molecule has 0 bridgehead atoms. The largest absolute Gasteiger partial charge is 0.346 e. The van der Waals surface area contributed by atoms with Gasteiger partial charge in [0.15, 0.2) is 13.1 Å². The fourth-order valence-electron chi connectivity index (χ4n) is 2.10. The van der Waals surface area contributed by atoms with Crippen LogP contribution in [-0.4, -0.2) is 43.8 Å². The van der Waals surface area contributed by atoms with Gasteiger partial charge in [0, 0.05) is 4.90 Å². The molecule has 2 amide bonds. The molecule has 1 aromatic carbocycles. The lowest BCUT2D eigenvalue weighted by molar-refractivity contribution is -0.885. The molecule has 1 heterocycles. The van der Waals surface area contributed by atoms with Crippen LogP contribution < -0.4 is 15.5 Å². The Morgan fingerprint density at radius 2 is 2.19 bits per heavy atom. The number of piperazine rings is 1. The third-order valence-corrected chi connectivity index (χ3v) is 3.79. The molecule has 0 spiro atoms. The van der Waals surface area contributed by atoms with Gasteiger partial charge in [0.2, 0.25) is 0 Å². The fourth-order valence-corrected chi connectivity index (χ4v) is 2.69. The number of carbonyl (C=O) groups excluding carboxylic acids is 2. The van der Waals surface area contributed by atoms with E-state index in [0.29, 0.717) is 35.4 Å². The van der Waals surface area contributed by atoms with Crippen LogP contribution in [0.1, 0.15) is 0 Å². The quantitative estimate of drug-likeness (QED) is 0.668. The van der Waals surface area contributed by atoms with Crippen molar-refractivity contribution in [3.05, 3.63) is 24.3 Å². The van der Waals surface area contributed by atoms with E-state index in [1.807, 2.05) is 0 Å². The normalized spacial score (nSPS) is 18.4. The van der Waals surface area contributed by atoms with Gasteiger partial charge in [0.25, 0.3) is 17.6 Å². The number of quaternary nitrogens is 1. The highest BCUT2D eigenvalue weighted by Gasteiger charge is 2.22. The van der Waals surface area contributed by atoms with E-state index >= 15 is 0 Å². The minimum absolute atomic E-state index is 0.0855. The maximum absolute atomic E-state index is 12.5. The summed E-state index contributed by atoms with van der Waals surface area (Å²) in [5, 5.41) is 5.32. The van der Waals surface area contributed by atoms with Gasteiger partial charge in [-0.15, -0.1) is 0 Å². The molecule has 0 radical (unpaired) electrons. The van der Waals surface area contributed by atoms with Crippen LogP contribution in [0.25, 0.3) is 0 Å². The van der Waals surface area contributed by atoms with Crippen molar-refractivity contribution >= 4 is 29.3 Å². The maximum atomic E-state index is 12.5. The number of anilines is 1. The number of hydrogen-bond donors (Lipinski definition) is 3. The van der Waals surface area contributed by atoms with Gasteiger partial charge in [0.05, 0.1) is 18.8 Å². The van der Waals surface area contributed by atoms with Crippen molar-refractivity contribution in [2.75, 3.05) is 31.5 Å². The molecule has 1 fully saturated rings. The molecule has 1 atom stereocenters. The highest BCUT2D eigenvalue weighted by Crippen LogP contribution is 2.31. The van der Waals surface area contributed by atoms with E-state index in [1.165, 1.54) is 6.07 Å². The van der Waals surface area contributed by atoms with E-state index in [9.17, 15) is 18.4 Å². The smallest absolute Gasteiger partial charge is 0.288 e. The van der Waals surface area contributed by atoms with Gasteiger partial charge in [-0.2, -0.15) is 8.78 Å². The maximum Gasteiger partial charge on any atom is 0.288 e. The van der Waals surface area contributed by atoms with Crippen LogP contribution >= 0.6 is 11.8 Å². The van der Waals surface area contributed by atoms with Crippen molar-refractivity contribution in [3.63, 3.8) is 0 Å². The predicted molar refractivity (Wildman–Crippen MR) is 75.5 cm³/mol. The fraction of sp³-hybridized carbons (Fsp3) is 0.385. The van der Waals surface area contributed by atoms with E-state index in [0.717, 1.165) is 4.90 Å². The number of hydrogen-bond acceptors (Lipinski definition) is 3. The Hall–Kier alpha value is -1.67. The Morgan fingerprint density at radius 3 is 2.90 bits per heavy atom. The van der Waals surface area contributed by atoms with E-state index in [2.05, 4.69) is 10.6 Å². The molecule has 2 rings (SSSR count). The van der Waals surface area contributed by atoms with Crippen molar-refractivity contribution < 1.29 is 23.3 Å². The summed E-state index contributed by atoms with van der Waals surface area (Å²) in [7, 11) is 0. The van der Waals surface area contributed by atoms with Crippen molar-refractivity contribution in [1.29, 1.82) is 0 Å². The molecule has 5 nitrogen and oxygen atoms in total. The lowest BCUT2D eigenvalue weighted by Gasteiger charge is -2.23. The monoisotopic (exact) mass is 316 g/mol. The molecule has 1 aromatic rings. The number of amides is 2. The second-order valence-corrected chi connectivity index (χ2v) is 5.66. The van der Waals surface area contributed by atoms with Crippen LogP contribution in [0, 0.1) is 0 Å². The van der Waals surface area contributed by atoms with Crippen LogP contribution in [0.5, 0.6) is 0 Å². The SMILES string of the molecule is O=C1C[NH+](CC(=O)Nc2ccccc2SC(F)F)CCN1. The van der Waals surface area contributed by atoms with Gasteiger partial charge in [0.1, 0.15) is 0 Å². The van der Waals surface area contributed by atoms with E-state index in [1.54, 1.807) is 18.2 Å². The summed E-state index contributed by atoms with van der Waals surface area (Å²) in [6.45, 7) is 1.60. The summed E-state index contributed by atoms with van der Waals surface area (Å²) in [4.78, 5) is 24.4. The molecule has 0 aliphatic carbocycles. The van der Waals surface area contributed by atoms with Gasteiger partial charge in [-0.3, -0.25) is 9.59 Å². The molecule has 8 heteroatoms. The zero-order chi connectivity index (χ0) is 15.2. The molecular formula is C13H16F2N3O2S+. The molecule has 21 heavy (non-hydrogen) atoms. The molecule has 0 aromatic heterocycles. The van der Waals surface area contributed by atoms with Crippen molar-refractivity contribution in [3.8, 4) is 0 Å². The Morgan fingerprint density at radius 1 is 1.43 bits per heavy atom. The molecular weight excluding hydrogens is 300 g/mol. The zero-order valence-corrected chi connectivity index (χ0v) is 12.0. The molecule has 1 saturated heterocycles. The molecule has 1 aliphatic heterocycles. The summed E-state index contributed by atoms with van der Waals surface area (Å²) < 4.78 is 24.9. The minimum atomic E-state index is -2.54. The summed E-state index contributed by atoms with van der Waals surface area (Å²) >= 11 is 0.395. The summed E-state index contributed by atoms with van der Waals surface area (Å²) in [5.74, 6) is -2.92. The first-order chi connectivity index (χ1) is 10.0. The highest BCUT2D eigenvalue weighted by atomic mass is 32.2. The van der Waals surface area contributed by atoms with Crippen LogP contribution in [0.15, 0.2) is 29.2 Å². The van der Waals surface area contributed by atoms with E-state index in [-0.39, 0.29) is 24.9 Å². The third kappa shape index (κ3) is 4.98. The number of halogens is 2. The zero-order valence-electron chi connectivity index (χ0n) is 11.2. The van der Waals surface area contributed by atoms with Crippen LogP contribution in [0.4, 0.5) is 14.5 Å². The van der Waals surface area contributed by atoms with Gasteiger partial charge in [-0.1, -0.05) is 23.9 Å². The average molecular weight is 316 g/mol. The Kier molecular flexibility index (Phi) is 5.51. The van der Waals surface area contributed by atoms with E-state index < -0.39 is 5.76 Å². The molecule has 0 saturated carbocycles. The standard InChI is InChI=1S/C13H15F2N3O2S/c14-13(15)21-10-4-2-1-3-9(10)17-12(20)8-18-6-5-16-11(19)7-18/h1-4,13H,5-8H2,(H,16,19)(H,17,20)/p+1. The Bertz CT molecular complexity index is 528. The second-order valence-electron chi connectivity index (χ2n) is 4.63. The number of para-hydroxylation sites is 1. The second kappa shape index (κ2) is 7.37. The Balaban J connectivity index is 1.94. The predicted octanol–water partition coefficient (Wildman–Crippen LogP) is -0.0455. The first-order valence-corrected chi connectivity index (χ1v) is 7.36. The van der Waals surface area contributed by atoms with Gasteiger partial charge in [-0.25, -0.2) is 0 Å². The topological polar surface area (TPSA) is 62.6 Å². The van der Waals surface area contributed by atoms with Crippen LogP contribution in [0.2, 0.25) is 0 Å². The highest BCUT2D eigenvalue weighted by molar-refractivity contribution is 7.99. The first-order valence-electron chi connectivity index (χ1n) is 6.48. The van der Waals surface area contributed by atoms with Crippen LogP contribution in [-0.2, 0) is 9.59 Å². The number of carbonyl (C=O) groups is 2. The number of rotatable bonds is 5. The van der Waals surface area contributed by atoms with Crippen molar-refractivity contribution in [2.24, 2.45) is 0 Å². The van der Waals surface area contributed by atoms with Crippen LogP contribution in [0.3, 0.4) is 0 Å². The van der Waals surface area contributed by atoms with E-state index in [4.69, 9.17) is 0 Å². The van der Waals surface area contributed by atoms with Gasteiger partial charge >= 0.3 is 0 Å². The van der Waals surface area contributed by atoms with Gasteiger partial charge in [-0.05, 0) is 12.1 Å². The average Bonchev–Trinajstić information content (AvgIpc) is 2.40. The lowest BCUT2D eigenvalue weighted by Crippen LogP contribution is -3.16. The van der Waals surface area contributed by atoms with Gasteiger partial charge < -0.3 is 15.5 Å². The first kappa shape index (κ1) is 15.7. The van der Waals surface area contributed by atoms with Crippen molar-refractivity contribution in [1.82, 2.24) is 5.32 Å².